The number of esters is 1. The van der Waals surface area contributed by atoms with E-state index in [1.165, 1.54) is 38.5 Å². The Bertz CT molecular complexity index is 673. The highest BCUT2D eigenvalue weighted by atomic mass is 16.6. The Balaban J connectivity index is 2.21. The monoisotopic (exact) mass is 396 g/mol. The first-order chi connectivity index (χ1) is 14.2. The number of aliphatic hydroxyl groups is 1. The van der Waals surface area contributed by atoms with Crippen molar-refractivity contribution in [3.63, 3.8) is 0 Å². The minimum Gasteiger partial charge on any atom is -0.456 e. The van der Waals surface area contributed by atoms with Crippen LogP contribution in [0.15, 0.2) is 30.3 Å². The van der Waals surface area contributed by atoms with Crippen LogP contribution in [0.25, 0.3) is 0 Å². The van der Waals surface area contributed by atoms with E-state index in [0.717, 1.165) is 12.8 Å². The van der Waals surface area contributed by atoms with Gasteiger partial charge in [-0.1, -0.05) is 88.3 Å². The molecule has 0 spiro atoms. The van der Waals surface area contributed by atoms with Crippen LogP contribution in [0, 0.1) is 23.7 Å². The van der Waals surface area contributed by atoms with E-state index in [1.54, 1.807) is 24.3 Å². The van der Waals surface area contributed by atoms with Gasteiger partial charge in [0.25, 0.3) is 0 Å². The zero-order valence-corrected chi connectivity index (χ0v) is 18.1. The standard InChI is InChI=1S/C26H36O3/c1-3-5-6-7-8-9-10-11-12-13-14-15-19-22-24(27)25(4-2)29-26(28)23-20-17-16-18-21-23/h16-18,20-21,24-25,27H,3-11,14,22H2,1-2H3/t24-,25-/m0/s1. The van der Waals surface area contributed by atoms with Gasteiger partial charge >= 0.3 is 5.97 Å². The largest absolute Gasteiger partial charge is 0.456 e. The third-order valence-corrected chi connectivity index (χ3v) is 4.74. The minimum absolute atomic E-state index is 0.278. The van der Waals surface area contributed by atoms with Crippen LogP contribution in [0.5, 0.6) is 0 Å². The summed E-state index contributed by atoms with van der Waals surface area (Å²) >= 11 is 0. The van der Waals surface area contributed by atoms with Crippen molar-refractivity contribution in [3.8, 4) is 23.7 Å². The predicted molar refractivity (Wildman–Crippen MR) is 119 cm³/mol. The zero-order valence-electron chi connectivity index (χ0n) is 18.1. The summed E-state index contributed by atoms with van der Waals surface area (Å²) in [7, 11) is 0. The van der Waals surface area contributed by atoms with Crippen LogP contribution in [0.1, 0.15) is 94.8 Å². The fourth-order valence-electron chi connectivity index (χ4n) is 2.95. The second kappa shape index (κ2) is 16.7. The molecule has 2 atom stereocenters. The fraction of sp³-hybridized carbons (Fsp3) is 0.577. The van der Waals surface area contributed by atoms with Crippen molar-refractivity contribution in [2.75, 3.05) is 0 Å². The smallest absolute Gasteiger partial charge is 0.338 e. The van der Waals surface area contributed by atoms with Crippen LogP contribution < -0.4 is 0 Å². The van der Waals surface area contributed by atoms with Gasteiger partial charge in [-0.15, -0.1) is 5.92 Å². The summed E-state index contributed by atoms with van der Waals surface area (Å²) in [4.78, 5) is 12.1. The average Bonchev–Trinajstić information content (AvgIpc) is 2.75. The Morgan fingerprint density at radius 2 is 1.59 bits per heavy atom. The summed E-state index contributed by atoms with van der Waals surface area (Å²) in [6, 6.07) is 8.82. The molecule has 3 heteroatoms. The number of carbonyl (C=O) groups excluding carboxylic acids is 1. The lowest BCUT2D eigenvalue weighted by atomic mass is 10.1. The molecule has 1 rings (SSSR count). The lowest BCUT2D eigenvalue weighted by Gasteiger charge is -2.20. The van der Waals surface area contributed by atoms with Gasteiger partial charge in [0.15, 0.2) is 0 Å². The molecule has 0 aliphatic heterocycles. The quantitative estimate of drug-likeness (QED) is 0.271. The van der Waals surface area contributed by atoms with Crippen molar-refractivity contribution >= 4 is 5.97 Å². The third kappa shape index (κ3) is 12.0. The number of aliphatic hydroxyl groups excluding tert-OH is 1. The Morgan fingerprint density at radius 1 is 0.931 bits per heavy atom. The van der Waals surface area contributed by atoms with Gasteiger partial charge in [0.1, 0.15) is 12.2 Å². The highest BCUT2D eigenvalue weighted by molar-refractivity contribution is 5.89. The Morgan fingerprint density at radius 3 is 2.28 bits per heavy atom. The number of benzene rings is 1. The van der Waals surface area contributed by atoms with Crippen molar-refractivity contribution in [3.05, 3.63) is 35.9 Å². The highest BCUT2D eigenvalue weighted by Gasteiger charge is 2.21. The van der Waals surface area contributed by atoms with Crippen LogP contribution in [-0.2, 0) is 4.74 Å². The molecule has 0 amide bonds. The van der Waals surface area contributed by atoms with E-state index in [2.05, 4.69) is 30.6 Å². The summed E-state index contributed by atoms with van der Waals surface area (Å²) < 4.78 is 5.43. The molecule has 0 radical (unpaired) electrons. The van der Waals surface area contributed by atoms with E-state index in [4.69, 9.17) is 4.74 Å². The van der Waals surface area contributed by atoms with Gasteiger partial charge < -0.3 is 9.84 Å². The number of hydrogen-bond donors (Lipinski definition) is 1. The van der Waals surface area contributed by atoms with Crippen molar-refractivity contribution in [2.45, 2.75) is 96.7 Å². The lowest BCUT2D eigenvalue weighted by Crippen LogP contribution is -2.30. The van der Waals surface area contributed by atoms with Crippen LogP contribution >= 0.6 is 0 Å². The molecule has 158 valence electrons. The molecule has 0 heterocycles. The molecular weight excluding hydrogens is 360 g/mol. The number of ether oxygens (including phenoxy) is 1. The van der Waals surface area contributed by atoms with Crippen LogP contribution in [0.2, 0.25) is 0 Å². The molecule has 29 heavy (non-hydrogen) atoms. The second-order valence-corrected chi connectivity index (χ2v) is 7.24. The Hall–Kier alpha value is -2.23. The topological polar surface area (TPSA) is 46.5 Å². The van der Waals surface area contributed by atoms with Crippen LogP contribution in [-0.4, -0.2) is 23.3 Å². The molecule has 0 fully saturated rings. The zero-order chi connectivity index (χ0) is 21.2. The molecule has 3 nitrogen and oxygen atoms in total. The molecular formula is C26H36O3. The summed E-state index contributed by atoms with van der Waals surface area (Å²) in [6.07, 6.45) is 10.0. The van der Waals surface area contributed by atoms with E-state index >= 15 is 0 Å². The Labute approximate surface area is 177 Å². The number of carbonyl (C=O) groups is 1. The molecule has 0 saturated heterocycles. The van der Waals surface area contributed by atoms with Gasteiger partial charge in [-0.2, -0.15) is 0 Å². The number of rotatable bonds is 12. The molecule has 0 aliphatic carbocycles. The van der Waals surface area contributed by atoms with Crippen molar-refractivity contribution in [1.82, 2.24) is 0 Å². The van der Waals surface area contributed by atoms with Gasteiger partial charge in [-0.25, -0.2) is 4.79 Å². The first kappa shape index (κ1) is 24.8. The van der Waals surface area contributed by atoms with E-state index < -0.39 is 18.2 Å². The Kier molecular flexibility index (Phi) is 14.3. The predicted octanol–water partition coefficient (Wildman–Crippen LogP) is 5.91. The SMILES string of the molecule is CCCCCCCCCC#CCC#CC[C@H](O)[C@H](CC)OC(=O)c1ccccc1. The number of hydrogen-bond acceptors (Lipinski definition) is 3. The maximum Gasteiger partial charge on any atom is 0.338 e. The lowest BCUT2D eigenvalue weighted by molar-refractivity contribution is -0.0178. The summed E-state index contributed by atoms with van der Waals surface area (Å²) in [5.74, 6) is 11.8. The first-order valence-electron chi connectivity index (χ1n) is 11.0. The maximum absolute atomic E-state index is 12.1. The van der Waals surface area contributed by atoms with Crippen molar-refractivity contribution < 1.29 is 14.6 Å². The summed E-state index contributed by atoms with van der Waals surface area (Å²) in [5.41, 5.74) is 0.487. The molecule has 0 bridgehead atoms. The van der Waals surface area contributed by atoms with Crippen molar-refractivity contribution in [2.24, 2.45) is 0 Å². The normalized spacial score (nSPS) is 12.1. The molecule has 1 N–H and O–H groups in total. The molecule has 1 aromatic carbocycles. The van der Waals surface area contributed by atoms with Crippen LogP contribution in [0.4, 0.5) is 0 Å². The van der Waals surface area contributed by atoms with Gasteiger partial charge in [-0.3, -0.25) is 0 Å². The maximum atomic E-state index is 12.1. The number of unbranched alkanes of at least 4 members (excludes halogenated alkanes) is 7. The fourth-order valence-corrected chi connectivity index (χ4v) is 2.95. The molecule has 1 aromatic rings. The van der Waals surface area contributed by atoms with Gasteiger partial charge in [-0.05, 0) is 25.0 Å². The third-order valence-electron chi connectivity index (χ3n) is 4.74. The molecule has 0 aliphatic rings. The van der Waals surface area contributed by atoms with E-state index in [9.17, 15) is 9.90 Å². The van der Waals surface area contributed by atoms with E-state index in [1.807, 2.05) is 13.0 Å². The molecule has 0 unspecified atom stereocenters. The average molecular weight is 397 g/mol. The van der Waals surface area contributed by atoms with E-state index in [0.29, 0.717) is 18.4 Å². The summed E-state index contributed by atoms with van der Waals surface area (Å²) in [6.45, 7) is 4.12. The molecule has 0 aromatic heterocycles. The highest BCUT2D eigenvalue weighted by Crippen LogP contribution is 2.12. The van der Waals surface area contributed by atoms with Gasteiger partial charge in [0.2, 0.25) is 0 Å². The molecule has 0 saturated carbocycles. The van der Waals surface area contributed by atoms with Gasteiger partial charge in [0, 0.05) is 12.8 Å². The van der Waals surface area contributed by atoms with Crippen LogP contribution in [0.3, 0.4) is 0 Å². The van der Waals surface area contributed by atoms with E-state index in [-0.39, 0.29) is 6.42 Å². The minimum atomic E-state index is -0.791. The van der Waals surface area contributed by atoms with Gasteiger partial charge in [0.05, 0.1) is 12.0 Å². The first-order valence-corrected chi connectivity index (χ1v) is 11.0. The second-order valence-electron chi connectivity index (χ2n) is 7.24. The van der Waals surface area contributed by atoms with Crippen molar-refractivity contribution in [1.29, 1.82) is 0 Å². The summed E-state index contributed by atoms with van der Waals surface area (Å²) in [5, 5.41) is 10.3.